The van der Waals surface area contributed by atoms with Gasteiger partial charge in [-0.3, -0.25) is 0 Å². The summed E-state index contributed by atoms with van der Waals surface area (Å²) in [7, 11) is 0. The van der Waals surface area contributed by atoms with Gasteiger partial charge in [-0.05, 0) is 25.2 Å². The van der Waals surface area contributed by atoms with Gasteiger partial charge in [-0.1, -0.05) is 19.0 Å². The van der Waals surface area contributed by atoms with Crippen LogP contribution in [0, 0.1) is 5.92 Å². The number of ether oxygens (including phenoxy) is 1. The quantitative estimate of drug-likeness (QED) is 0.847. The van der Waals surface area contributed by atoms with Crippen molar-refractivity contribution in [2.24, 2.45) is 11.7 Å². The third-order valence-electron chi connectivity index (χ3n) is 2.72. The van der Waals surface area contributed by atoms with Gasteiger partial charge >= 0.3 is 0 Å². The van der Waals surface area contributed by atoms with Crippen molar-refractivity contribution >= 4 is 0 Å². The van der Waals surface area contributed by atoms with Gasteiger partial charge in [0.05, 0.1) is 6.04 Å². The normalized spacial score (nSPS) is 22.9. The highest BCUT2D eigenvalue weighted by Gasteiger charge is 2.24. The van der Waals surface area contributed by atoms with E-state index >= 15 is 0 Å². The van der Waals surface area contributed by atoms with Crippen LogP contribution in [0.3, 0.4) is 0 Å². The Hall–Kier alpha value is -0.940. The van der Waals surface area contributed by atoms with E-state index in [1.807, 2.05) is 0 Å². The molecule has 0 saturated carbocycles. The van der Waals surface area contributed by atoms with Crippen LogP contribution in [-0.4, -0.2) is 16.7 Å². The number of nitrogens with zero attached hydrogens (tertiary/aromatic N) is 2. The van der Waals surface area contributed by atoms with Crippen molar-refractivity contribution in [3.63, 3.8) is 0 Å². The fourth-order valence-corrected chi connectivity index (χ4v) is 1.92. The van der Waals surface area contributed by atoms with Crippen LogP contribution >= 0.6 is 0 Å². The Morgan fingerprint density at radius 3 is 2.94 bits per heavy atom. The molecule has 2 N–H and O–H groups in total. The van der Waals surface area contributed by atoms with Gasteiger partial charge < -0.3 is 15.0 Å². The lowest BCUT2D eigenvalue weighted by Crippen LogP contribution is -2.13. The molecule has 2 rings (SSSR count). The molecule has 5 nitrogen and oxygen atoms in total. The molecule has 0 radical (unpaired) electrons. The van der Waals surface area contributed by atoms with Crippen molar-refractivity contribution in [2.75, 3.05) is 6.61 Å². The Balaban J connectivity index is 2.00. The summed E-state index contributed by atoms with van der Waals surface area (Å²) in [6, 6.07) is -0.164. The smallest absolute Gasteiger partial charge is 0.243 e. The zero-order chi connectivity index (χ0) is 11.5. The topological polar surface area (TPSA) is 74.2 Å². The Morgan fingerprint density at radius 2 is 2.31 bits per heavy atom. The molecule has 1 unspecified atom stereocenters. The van der Waals surface area contributed by atoms with E-state index in [9.17, 15) is 0 Å². The zero-order valence-corrected chi connectivity index (χ0v) is 9.85. The SMILES string of the molecule is CC(C)C[C@H](N)c1nc(C2CCCO2)no1. The van der Waals surface area contributed by atoms with E-state index in [-0.39, 0.29) is 12.1 Å². The Morgan fingerprint density at radius 1 is 1.50 bits per heavy atom. The van der Waals surface area contributed by atoms with Gasteiger partial charge in [0, 0.05) is 6.61 Å². The van der Waals surface area contributed by atoms with E-state index in [4.69, 9.17) is 15.0 Å². The predicted molar refractivity (Wildman–Crippen MR) is 58.6 cm³/mol. The lowest BCUT2D eigenvalue weighted by Gasteiger charge is -2.08. The second kappa shape index (κ2) is 4.93. The predicted octanol–water partition coefficient (Wildman–Crippen LogP) is 1.97. The van der Waals surface area contributed by atoms with Crippen molar-refractivity contribution in [3.05, 3.63) is 11.7 Å². The lowest BCUT2D eigenvalue weighted by atomic mass is 10.0. The lowest BCUT2D eigenvalue weighted by molar-refractivity contribution is 0.103. The molecule has 2 atom stereocenters. The highest BCUT2D eigenvalue weighted by atomic mass is 16.5. The third kappa shape index (κ3) is 2.59. The highest BCUT2D eigenvalue weighted by molar-refractivity contribution is 4.96. The summed E-state index contributed by atoms with van der Waals surface area (Å²) in [6.45, 7) is 5.03. The molecule has 5 heteroatoms. The maximum Gasteiger partial charge on any atom is 0.243 e. The molecule has 1 fully saturated rings. The summed E-state index contributed by atoms with van der Waals surface area (Å²) in [6.07, 6.45) is 2.89. The monoisotopic (exact) mass is 225 g/mol. The van der Waals surface area contributed by atoms with Crippen LogP contribution in [0.15, 0.2) is 4.52 Å². The zero-order valence-electron chi connectivity index (χ0n) is 9.85. The number of nitrogens with two attached hydrogens (primary N) is 1. The molecule has 90 valence electrons. The summed E-state index contributed by atoms with van der Waals surface area (Å²) in [5.41, 5.74) is 5.97. The van der Waals surface area contributed by atoms with E-state index in [0.29, 0.717) is 17.6 Å². The minimum Gasteiger partial charge on any atom is -0.370 e. The van der Waals surface area contributed by atoms with Crippen LogP contribution in [0.2, 0.25) is 0 Å². The molecule has 1 aliphatic rings. The van der Waals surface area contributed by atoms with E-state index in [1.54, 1.807) is 0 Å². The first-order valence-electron chi connectivity index (χ1n) is 5.87. The average molecular weight is 225 g/mol. The summed E-state index contributed by atoms with van der Waals surface area (Å²) < 4.78 is 10.7. The molecule has 0 bridgehead atoms. The fraction of sp³-hybridized carbons (Fsp3) is 0.818. The van der Waals surface area contributed by atoms with Crippen LogP contribution in [0.5, 0.6) is 0 Å². The fourth-order valence-electron chi connectivity index (χ4n) is 1.92. The standard InChI is InChI=1S/C11H19N3O2/c1-7(2)6-8(12)11-13-10(14-16-11)9-4-3-5-15-9/h7-9H,3-6,12H2,1-2H3/t8-,9?/m0/s1. The van der Waals surface area contributed by atoms with Gasteiger partial charge in [0.25, 0.3) is 0 Å². The van der Waals surface area contributed by atoms with Crippen LogP contribution in [0.25, 0.3) is 0 Å². The molecular weight excluding hydrogens is 206 g/mol. The van der Waals surface area contributed by atoms with Crippen LogP contribution in [0.4, 0.5) is 0 Å². The Kier molecular flexibility index (Phi) is 3.56. The van der Waals surface area contributed by atoms with Gasteiger partial charge in [-0.25, -0.2) is 0 Å². The van der Waals surface area contributed by atoms with E-state index in [0.717, 1.165) is 25.9 Å². The minimum atomic E-state index is -0.164. The second-order valence-corrected chi connectivity index (χ2v) is 4.73. The highest BCUT2D eigenvalue weighted by Crippen LogP contribution is 2.27. The molecule has 16 heavy (non-hydrogen) atoms. The van der Waals surface area contributed by atoms with Gasteiger partial charge in [-0.15, -0.1) is 0 Å². The van der Waals surface area contributed by atoms with E-state index < -0.39 is 0 Å². The maximum atomic E-state index is 5.97. The molecule has 0 spiro atoms. The van der Waals surface area contributed by atoms with Gasteiger partial charge in [0.15, 0.2) is 0 Å². The number of hydrogen-bond donors (Lipinski definition) is 1. The Bertz CT molecular complexity index is 332. The van der Waals surface area contributed by atoms with Crippen molar-refractivity contribution in [2.45, 2.75) is 45.3 Å². The maximum absolute atomic E-state index is 5.97. The summed E-state index contributed by atoms with van der Waals surface area (Å²) >= 11 is 0. The van der Waals surface area contributed by atoms with Gasteiger partial charge in [-0.2, -0.15) is 4.98 Å². The summed E-state index contributed by atoms with van der Waals surface area (Å²) in [5, 5.41) is 3.94. The second-order valence-electron chi connectivity index (χ2n) is 4.73. The number of rotatable bonds is 4. The van der Waals surface area contributed by atoms with Crippen LogP contribution in [0.1, 0.15) is 57.0 Å². The van der Waals surface area contributed by atoms with Crippen molar-refractivity contribution in [3.8, 4) is 0 Å². The molecule has 0 aromatic carbocycles. The van der Waals surface area contributed by atoms with Crippen molar-refractivity contribution < 1.29 is 9.26 Å². The third-order valence-corrected chi connectivity index (χ3v) is 2.72. The number of hydrogen-bond acceptors (Lipinski definition) is 5. The van der Waals surface area contributed by atoms with E-state index in [2.05, 4.69) is 24.0 Å². The molecular formula is C11H19N3O2. The van der Waals surface area contributed by atoms with Crippen LogP contribution in [-0.2, 0) is 4.74 Å². The first kappa shape index (κ1) is 11.5. The molecule has 1 aromatic rings. The summed E-state index contributed by atoms with van der Waals surface area (Å²) in [4.78, 5) is 4.32. The molecule has 1 aromatic heterocycles. The molecule has 0 amide bonds. The van der Waals surface area contributed by atoms with Gasteiger partial charge in [0.1, 0.15) is 6.10 Å². The first-order valence-corrected chi connectivity index (χ1v) is 5.87. The van der Waals surface area contributed by atoms with Crippen molar-refractivity contribution in [1.82, 2.24) is 10.1 Å². The first-order chi connectivity index (χ1) is 7.66. The molecule has 1 saturated heterocycles. The number of aromatic nitrogens is 2. The van der Waals surface area contributed by atoms with Crippen molar-refractivity contribution in [1.29, 1.82) is 0 Å². The summed E-state index contributed by atoms with van der Waals surface area (Å²) in [5.74, 6) is 1.69. The van der Waals surface area contributed by atoms with Gasteiger partial charge in [0.2, 0.25) is 11.7 Å². The van der Waals surface area contributed by atoms with Crippen LogP contribution < -0.4 is 5.73 Å². The molecule has 1 aliphatic heterocycles. The average Bonchev–Trinajstić information content (AvgIpc) is 2.87. The molecule has 0 aliphatic carbocycles. The minimum absolute atomic E-state index is 0.00347. The largest absolute Gasteiger partial charge is 0.370 e. The molecule has 2 heterocycles. The van der Waals surface area contributed by atoms with E-state index in [1.165, 1.54) is 0 Å². The Labute approximate surface area is 95.3 Å².